The SMILES string of the molecule is Cc1cnc(CNC(=O)c2sc(N3CCN(CCC4CC4)C3=O)nc2C)cn1. The van der Waals surface area contributed by atoms with E-state index >= 15 is 0 Å². The second kappa shape index (κ2) is 7.83. The van der Waals surface area contributed by atoms with Crippen molar-refractivity contribution in [2.24, 2.45) is 5.92 Å². The Morgan fingerprint density at radius 1 is 1.25 bits per heavy atom. The number of nitrogens with one attached hydrogen (secondary N) is 1. The summed E-state index contributed by atoms with van der Waals surface area (Å²) < 4.78 is 0. The summed E-state index contributed by atoms with van der Waals surface area (Å²) in [5.41, 5.74) is 2.17. The molecule has 148 valence electrons. The smallest absolute Gasteiger partial charge is 0.326 e. The van der Waals surface area contributed by atoms with Crippen molar-refractivity contribution in [3.8, 4) is 0 Å². The molecule has 0 radical (unpaired) electrons. The minimum atomic E-state index is -0.208. The van der Waals surface area contributed by atoms with Crippen molar-refractivity contribution in [2.45, 2.75) is 39.7 Å². The highest BCUT2D eigenvalue weighted by Gasteiger charge is 2.33. The van der Waals surface area contributed by atoms with Gasteiger partial charge < -0.3 is 10.2 Å². The van der Waals surface area contributed by atoms with E-state index in [4.69, 9.17) is 0 Å². The van der Waals surface area contributed by atoms with Crippen LogP contribution in [0.2, 0.25) is 0 Å². The first-order valence-electron chi connectivity index (χ1n) is 9.61. The molecular formula is C19H24N6O2S. The Bertz CT molecular complexity index is 877. The Morgan fingerprint density at radius 2 is 2.07 bits per heavy atom. The summed E-state index contributed by atoms with van der Waals surface area (Å²) in [6, 6.07) is -0.00344. The van der Waals surface area contributed by atoms with Crippen LogP contribution in [0.25, 0.3) is 0 Å². The molecule has 2 aromatic rings. The molecule has 1 saturated heterocycles. The first-order valence-corrected chi connectivity index (χ1v) is 10.4. The van der Waals surface area contributed by atoms with Crippen LogP contribution in [-0.2, 0) is 6.54 Å². The van der Waals surface area contributed by atoms with Crippen molar-refractivity contribution in [2.75, 3.05) is 24.5 Å². The van der Waals surface area contributed by atoms with Gasteiger partial charge in [0.2, 0.25) is 0 Å². The van der Waals surface area contributed by atoms with Gasteiger partial charge in [0.05, 0.1) is 29.8 Å². The maximum Gasteiger partial charge on any atom is 0.326 e. The van der Waals surface area contributed by atoms with Gasteiger partial charge in [0.25, 0.3) is 5.91 Å². The number of aromatic nitrogens is 3. The number of carbonyl (C=O) groups is 2. The normalized spacial score (nSPS) is 16.7. The summed E-state index contributed by atoms with van der Waals surface area (Å²) in [6.07, 6.45) is 7.01. The third-order valence-electron chi connectivity index (χ3n) is 5.09. The molecule has 0 bridgehead atoms. The van der Waals surface area contributed by atoms with E-state index in [1.807, 2.05) is 11.8 Å². The van der Waals surface area contributed by atoms with Gasteiger partial charge in [0, 0.05) is 25.8 Å². The first kappa shape index (κ1) is 18.8. The number of nitrogens with zero attached hydrogens (tertiary/aromatic N) is 5. The van der Waals surface area contributed by atoms with Crippen LogP contribution in [-0.4, -0.2) is 51.4 Å². The number of thiazole rings is 1. The molecule has 2 aromatic heterocycles. The average molecular weight is 401 g/mol. The van der Waals surface area contributed by atoms with Crippen molar-refractivity contribution in [3.05, 3.63) is 34.4 Å². The summed E-state index contributed by atoms with van der Waals surface area (Å²) in [4.78, 5) is 42.2. The molecule has 0 aromatic carbocycles. The predicted octanol–water partition coefficient (Wildman–Crippen LogP) is 2.52. The molecule has 4 rings (SSSR count). The Labute approximate surface area is 168 Å². The number of rotatable bonds is 7. The molecule has 1 saturated carbocycles. The van der Waals surface area contributed by atoms with Gasteiger partial charge in [0.15, 0.2) is 5.13 Å². The molecule has 8 nitrogen and oxygen atoms in total. The molecule has 28 heavy (non-hydrogen) atoms. The quantitative estimate of drug-likeness (QED) is 0.771. The van der Waals surface area contributed by atoms with Gasteiger partial charge in [-0.15, -0.1) is 0 Å². The highest BCUT2D eigenvalue weighted by atomic mass is 32.1. The van der Waals surface area contributed by atoms with E-state index in [1.54, 1.807) is 24.2 Å². The van der Waals surface area contributed by atoms with Crippen molar-refractivity contribution < 1.29 is 9.59 Å². The van der Waals surface area contributed by atoms with Crippen LogP contribution >= 0.6 is 11.3 Å². The van der Waals surface area contributed by atoms with Crippen LogP contribution < -0.4 is 10.2 Å². The van der Waals surface area contributed by atoms with E-state index in [-0.39, 0.29) is 11.9 Å². The Hall–Kier alpha value is -2.55. The van der Waals surface area contributed by atoms with Crippen LogP contribution in [0.4, 0.5) is 9.93 Å². The Balaban J connectivity index is 1.38. The monoisotopic (exact) mass is 400 g/mol. The van der Waals surface area contributed by atoms with Crippen LogP contribution in [0.5, 0.6) is 0 Å². The lowest BCUT2D eigenvalue weighted by Crippen LogP contribution is -2.32. The zero-order valence-electron chi connectivity index (χ0n) is 16.1. The lowest BCUT2D eigenvalue weighted by Gasteiger charge is -2.16. The maximum absolute atomic E-state index is 12.7. The molecular weight excluding hydrogens is 376 g/mol. The third kappa shape index (κ3) is 4.14. The van der Waals surface area contributed by atoms with Gasteiger partial charge in [0.1, 0.15) is 4.88 Å². The maximum atomic E-state index is 12.7. The van der Waals surface area contributed by atoms with Gasteiger partial charge in [-0.2, -0.15) is 0 Å². The lowest BCUT2D eigenvalue weighted by atomic mass is 10.3. The molecule has 1 aliphatic heterocycles. The summed E-state index contributed by atoms with van der Waals surface area (Å²) >= 11 is 1.26. The molecule has 2 aliphatic rings. The van der Waals surface area contributed by atoms with Gasteiger partial charge in [-0.25, -0.2) is 9.78 Å². The van der Waals surface area contributed by atoms with E-state index in [0.717, 1.165) is 31.1 Å². The second-order valence-electron chi connectivity index (χ2n) is 7.40. The van der Waals surface area contributed by atoms with E-state index < -0.39 is 0 Å². The average Bonchev–Trinajstić information content (AvgIpc) is 3.33. The van der Waals surface area contributed by atoms with Crippen LogP contribution in [0.1, 0.15) is 46.0 Å². The minimum Gasteiger partial charge on any atom is -0.346 e. The molecule has 1 N–H and O–H groups in total. The van der Waals surface area contributed by atoms with Gasteiger partial charge >= 0.3 is 6.03 Å². The van der Waals surface area contributed by atoms with E-state index in [2.05, 4.69) is 20.3 Å². The number of amides is 3. The van der Waals surface area contributed by atoms with Crippen molar-refractivity contribution >= 4 is 28.4 Å². The molecule has 0 unspecified atom stereocenters. The molecule has 0 spiro atoms. The van der Waals surface area contributed by atoms with Crippen molar-refractivity contribution in [1.29, 1.82) is 0 Å². The predicted molar refractivity (Wildman–Crippen MR) is 106 cm³/mol. The fraction of sp³-hybridized carbons (Fsp3) is 0.526. The molecule has 3 heterocycles. The Kier molecular flexibility index (Phi) is 5.25. The molecule has 9 heteroatoms. The number of carbonyl (C=O) groups excluding carboxylic acids is 2. The summed E-state index contributed by atoms with van der Waals surface area (Å²) in [5, 5.41) is 3.45. The van der Waals surface area contributed by atoms with Gasteiger partial charge in [-0.05, 0) is 26.2 Å². The number of aryl methyl sites for hydroxylation is 2. The van der Waals surface area contributed by atoms with Crippen molar-refractivity contribution in [1.82, 2.24) is 25.2 Å². The summed E-state index contributed by atoms with van der Waals surface area (Å²) in [6.45, 7) is 6.12. The first-order chi connectivity index (χ1) is 13.5. The van der Waals surface area contributed by atoms with Crippen LogP contribution in [0.3, 0.4) is 0 Å². The fourth-order valence-corrected chi connectivity index (χ4v) is 4.19. The fourth-order valence-electron chi connectivity index (χ4n) is 3.18. The molecule has 3 amide bonds. The minimum absolute atomic E-state index is 0.00344. The van der Waals surface area contributed by atoms with Crippen molar-refractivity contribution in [3.63, 3.8) is 0 Å². The zero-order chi connectivity index (χ0) is 19.7. The number of anilines is 1. The van der Waals surface area contributed by atoms with Gasteiger partial charge in [-0.1, -0.05) is 24.2 Å². The lowest BCUT2D eigenvalue weighted by molar-refractivity contribution is 0.0953. The molecule has 2 fully saturated rings. The Morgan fingerprint density at radius 3 is 2.79 bits per heavy atom. The van der Waals surface area contributed by atoms with E-state index in [1.165, 1.54) is 24.2 Å². The number of hydrogen-bond acceptors (Lipinski definition) is 6. The van der Waals surface area contributed by atoms with Crippen LogP contribution in [0.15, 0.2) is 12.4 Å². The van der Waals surface area contributed by atoms with Gasteiger partial charge in [-0.3, -0.25) is 19.7 Å². The number of hydrogen-bond donors (Lipinski definition) is 1. The van der Waals surface area contributed by atoms with E-state index in [0.29, 0.717) is 34.5 Å². The molecule has 1 aliphatic carbocycles. The highest BCUT2D eigenvalue weighted by molar-refractivity contribution is 7.17. The highest BCUT2D eigenvalue weighted by Crippen LogP contribution is 2.33. The van der Waals surface area contributed by atoms with Crippen LogP contribution in [0, 0.1) is 19.8 Å². The summed E-state index contributed by atoms with van der Waals surface area (Å²) in [7, 11) is 0. The molecule has 0 atom stereocenters. The topological polar surface area (TPSA) is 91.3 Å². The largest absolute Gasteiger partial charge is 0.346 e. The van der Waals surface area contributed by atoms with E-state index in [9.17, 15) is 9.59 Å². The summed E-state index contributed by atoms with van der Waals surface area (Å²) in [5.74, 6) is 0.596. The number of urea groups is 1. The second-order valence-corrected chi connectivity index (χ2v) is 8.37. The zero-order valence-corrected chi connectivity index (χ0v) is 17.0. The standard InChI is InChI=1S/C19H24N6O2S/c1-12-9-21-15(10-20-12)11-22-17(26)16-13(2)23-18(28-16)25-8-7-24(19(25)27)6-5-14-3-4-14/h9-10,14H,3-8,11H2,1-2H3,(H,22,26). The third-order valence-corrected chi connectivity index (χ3v) is 6.27.